The van der Waals surface area contributed by atoms with E-state index in [4.69, 9.17) is 5.73 Å². The van der Waals surface area contributed by atoms with Gasteiger partial charge in [0.1, 0.15) is 0 Å². The number of benzene rings is 1. The van der Waals surface area contributed by atoms with E-state index >= 15 is 0 Å². The maximum absolute atomic E-state index is 11.9. The van der Waals surface area contributed by atoms with Gasteiger partial charge in [0.15, 0.2) is 0 Å². The number of aromatic amines is 1. The van der Waals surface area contributed by atoms with Crippen LogP contribution in [0.5, 0.6) is 0 Å². The van der Waals surface area contributed by atoms with Gasteiger partial charge in [-0.1, -0.05) is 18.2 Å². The Labute approximate surface area is 124 Å². The van der Waals surface area contributed by atoms with Crippen LogP contribution >= 0.6 is 12.4 Å². The molecule has 1 aromatic carbocycles. The van der Waals surface area contributed by atoms with E-state index in [2.05, 4.69) is 15.5 Å². The molecule has 0 radical (unpaired) electrons. The molecule has 0 saturated heterocycles. The quantitative estimate of drug-likeness (QED) is 0.758. The number of aromatic nitrogens is 2. The number of carbonyl (C=O) groups is 1. The number of hydrogen-bond donors (Lipinski definition) is 3. The Morgan fingerprint density at radius 1 is 1.35 bits per heavy atom. The van der Waals surface area contributed by atoms with Gasteiger partial charge < -0.3 is 11.1 Å². The molecule has 5 nitrogen and oxygen atoms in total. The summed E-state index contributed by atoms with van der Waals surface area (Å²) >= 11 is 0. The van der Waals surface area contributed by atoms with Gasteiger partial charge in [0.05, 0.1) is 17.1 Å². The molecule has 2 aromatic rings. The summed E-state index contributed by atoms with van der Waals surface area (Å²) in [6.07, 6.45) is 1.03. The zero-order chi connectivity index (χ0) is 13.8. The minimum atomic E-state index is -0.0316. The minimum absolute atomic E-state index is 0. The van der Waals surface area contributed by atoms with E-state index in [-0.39, 0.29) is 18.3 Å². The Morgan fingerprint density at radius 2 is 2.05 bits per heavy atom. The number of para-hydroxylation sites is 1. The van der Waals surface area contributed by atoms with Crippen LogP contribution in [0.4, 0.5) is 11.4 Å². The van der Waals surface area contributed by atoms with Gasteiger partial charge in [0.25, 0.3) is 0 Å². The van der Waals surface area contributed by atoms with Crippen molar-refractivity contribution < 1.29 is 4.79 Å². The molecule has 2 rings (SSSR count). The lowest BCUT2D eigenvalue weighted by Gasteiger charge is -2.07. The monoisotopic (exact) mass is 294 g/mol. The Balaban J connectivity index is 0.00000200. The number of aryl methyl sites for hydroxylation is 3. The van der Waals surface area contributed by atoms with Crippen LogP contribution in [0.25, 0.3) is 0 Å². The van der Waals surface area contributed by atoms with Gasteiger partial charge in [0, 0.05) is 12.1 Å². The third-order valence-corrected chi connectivity index (χ3v) is 3.07. The highest BCUT2D eigenvalue weighted by atomic mass is 35.5. The Morgan fingerprint density at radius 3 is 2.65 bits per heavy atom. The van der Waals surface area contributed by atoms with Crippen LogP contribution in [0, 0.1) is 13.8 Å². The van der Waals surface area contributed by atoms with Gasteiger partial charge in [0.2, 0.25) is 5.91 Å². The number of rotatable bonds is 4. The van der Waals surface area contributed by atoms with Crippen molar-refractivity contribution in [2.24, 2.45) is 0 Å². The number of H-pyrrole nitrogens is 1. The van der Waals surface area contributed by atoms with E-state index < -0.39 is 0 Å². The average molecular weight is 295 g/mol. The van der Waals surface area contributed by atoms with Gasteiger partial charge in [-0.15, -0.1) is 12.4 Å². The second-order valence-electron chi connectivity index (χ2n) is 4.56. The zero-order valence-electron chi connectivity index (χ0n) is 11.6. The number of hydrogen-bond acceptors (Lipinski definition) is 3. The number of nitrogen functional groups attached to an aromatic ring is 1. The first-order chi connectivity index (χ1) is 9.08. The van der Waals surface area contributed by atoms with E-state index in [0.717, 1.165) is 28.3 Å². The number of halogens is 1. The molecule has 0 saturated carbocycles. The summed E-state index contributed by atoms with van der Waals surface area (Å²) in [5, 5.41) is 9.76. The number of carbonyl (C=O) groups excluding carboxylic acids is 1. The van der Waals surface area contributed by atoms with Gasteiger partial charge in [-0.3, -0.25) is 9.89 Å². The van der Waals surface area contributed by atoms with Gasteiger partial charge >= 0.3 is 0 Å². The Bertz CT molecular complexity index is 575. The number of nitrogens with zero attached hydrogens (tertiary/aromatic N) is 1. The molecular weight excluding hydrogens is 276 g/mol. The fraction of sp³-hybridized carbons (Fsp3) is 0.286. The second-order valence-corrected chi connectivity index (χ2v) is 4.56. The molecule has 1 amide bonds. The SMILES string of the molecule is Cc1n[nH]c(C)c1NC(=O)CCc1ccccc1N.Cl. The smallest absolute Gasteiger partial charge is 0.224 e. The van der Waals surface area contributed by atoms with E-state index in [1.165, 1.54) is 0 Å². The number of nitrogens with two attached hydrogens (primary N) is 1. The summed E-state index contributed by atoms with van der Waals surface area (Å²) in [6, 6.07) is 7.60. The van der Waals surface area contributed by atoms with Crippen molar-refractivity contribution in [3.8, 4) is 0 Å². The average Bonchev–Trinajstić information content (AvgIpc) is 2.70. The predicted molar refractivity (Wildman–Crippen MR) is 83.1 cm³/mol. The maximum atomic E-state index is 11.9. The molecular formula is C14H19ClN4O. The first kappa shape index (κ1) is 16.0. The molecule has 0 aliphatic heterocycles. The highest BCUT2D eigenvalue weighted by Crippen LogP contribution is 2.17. The van der Waals surface area contributed by atoms with Gasteiger partial charge in [-0.2, -0.15) is 5.10 Å². The lowest BCUT2D eigenvalue weighted by Crippen LogP contribution is -2.13. The molecule has 4 N–H and O–H groups in total. The third-order valence-electron chi connectivity index (χ3n) is 3.07. The number of anilines is 2. The van der Waals surface area contributed by atoms with Gasteiger partial charge in [-0.05, 0) is 31.9 Å². The highest BCUT2D eigenvalue weighted by Gasteiger charge is 2.10. The van der Waals surface area contributed by atoms with Crippen LogP contribution in [0.15, 0.2) is 24.3 Å². The summed E-state index contributed by atoms with van der Waals surface area (Å²) in [5.41, 5.74) is 10.0. The van der Waals surface area contributed by atoms with Crippen molar-refractivity contribution in [1.29, 1.82) is 0 Å². The standard InChI is InChI=1S/C14H18N4O.ClH/c1-9-14(10(2)18-17-9)16-13(19)8-7-11-5-3-4-6-12(11)15;/h3-6H,7-8,15H2,1-2H3,(H,16,19)(H,17,18);1H. The number of nitrogens with one attached hydrogen (secondary N) is 2. The highest BCUT2D eigenvalue weighted by molar-refractivity contribution is 5.92. The largest absolute Gasteiger partial charge is 0.399 e. The molecule has 1 heterocycles. The van der Waals surface area contributed by atoms with Crippen molar-refractivity contribution >= 4 is 29.7 Å². The van der Waals surface area contributed by atoms with Crippen LogP contribution in [0.3, 0.4) is 0 Å². The van der Waals surface area contributed by atoms with Crippen LogP contribution in [0.2, 0.25) is 0 Å². The molecule has 0 aliphatic carbocycles. The van der Waals surface area contributed by atoms with Crippen LogP contribution in [-0.2, 0) is 11.2 Å². The van der Waals surface area contributed by atoms with Crippen LogP contribution in [0.1, 0.15) is 23.4 Å². The summed E-state index contributed by atoms with van der Waals surface area (Å²) in [4.78, 5) is 11.9. The van der Waals surface area contributed by atoms with Gasteiger partial charge in [-0.25, -0.2) is 0 Å². The lowest BCUT2D eigenvalue weighted by atomic mass is 10.1. The summed E-state index contributed by atoms with van der Waals surface area (Å²) < 4.78 is 0. The Kier molecular flexibility index (Phi) is 5.58. The number of amides is 1. The zero-order valence-corrected chi connectivity index (χ0v) is 12.4. The first-order valence-corrected chi connectivity index (χ1v) is 6.22. The van der Waals surface area contributed by atoms with E-state index in [1.807, 2.05) is 38.1 Å². The summed E-state index contributed by atoms with van der Waals surface area (Å²) in [7, 11) is 0. The van der Waals surface area contributed by atoms with Crippen LogP contribution < -0.4 is 11.1 Å². The summed E-state index contributed by atoms with van der Waals surface area (Å²) in [5.74, 6) is -0.0316. The predicted octanol–water partition coefficient (Wildman–Crippen LogP) is 2.60. The fourth-order valence-corrected chi connectivity index (χ4v) is 1.95. The molecule has 0 unspecified atom stereocenters. The fourth-order valence-electron chi connectivity index (χ4n) is 1.95. The Hall–Kier alpha value is -2.01. The topological polar surface area (TPSA) is 83.8 Å². The molecule has 0 fully saturated rings. The molecule has 0 atom stereocenters. The van der Waals surface area contributed by atoms with E-state index in [0.29, 0.717) is 12.8 Å². The van der Waals surface area contributed by atoms with Crippen LogP contribution in [-0.4, -0.2) is 16.1 Å². The lowest BCUT2D eigenvalue weighted by molar-refractivity contribution is -0.116. The first-order valence-electron chi connectivity index (χ1n) is 6.22. The normalized spacial score (nSPS) is 9.90. The third kappa shape index (κ3) is 3.74. The minimum Gasteiger partial charge on any atom is -0.399 e. The van der Waals surface area contributed by atoms with Crippen molar-refractivity contribution in [1.82, 2.24) is 10.2 Å². The second kappa shape index (κ2) is 6.96. The molecule has 0 spiro atoms. The van der Waals surface area contributed by atoms with Crippen molar-refractivity contribution in [3.63, 3.8) is 0 Å². The summed E-state index contributed by atoms with van der Waals surface area (Å²) in [6.45, 7) is 3.74. The van der Waals surface area contributed by atoms with Crippen molar-refractivity contribution in [3.05, 3.63) is 41.2 Å². The molecule has 1 aromatic heterocycles. The van der Waals surface area contributed by atoms with Crippen molar-refractivity contribution in [2.75, 3.05) is 11.1 Å². The van der Waals surface area contributed by atoms with Crippen molar-refractivity contribution in [2.45, 2.75) is 26.7 Å². The van der Waals surface area contributed by atoms with E-state index in [9.17, 15) is 4.79 Å². The molecule has 6 heteroatoms. The molecule has 20 heavy (non-hydrogen) atoms. The molecule has 0 bridgehead atoms. The maximum Gasteiger partial charge on any atom is 0.224 e. The molecule has 0 aliphatic rings. The molecule has 108 valence electrons. The van der Waals surface area contributed by atoms with E-state index in [1.54, 1.807) is 0 Å².